The van der Waals surface area contributed by atoms with E-state index in [1.54, 1.807) is 0 Å². The van der Waals surface area contributed by atoms with Gasteiger partial charge in [-0.05, 0) is 30.4 Å². The Morgan fingerprint density at radius 3 is 2.63 bits per heavy atom. The van der Waals surface area contributed by atoms with Gasteiger partial charge in [0.15, 0.2) is 0 Å². The monoisotopic (exact) mass is 260 g/mol. The van der Waals surface area contributed by atoms with Crippen LogP contribution in [0.15, 0.2) is 30.3 Å². The number of benzene rings is 1. The van der Waals surface area contributed by atoms with Crippen molar-refractivity contribution in [2.75, 3.05) is 26.2 Å². The van der Waals surface area contributed by atoms with E-state index >= 15 is 0 Å². The Bertz CT molecular complexity index is 367. The van der Waals surface area contributed by atoms with E-state index in [4.69, 9.17) is 0 Å². The smallest absolute Gasteiger partial charge is 0.0235 e. The highest BCUT2D eigenvalue weighted by Gasteiger charge is 2.20. The lowest BCUT2D eigenvalue weighted by molar-refractivity contribution is 0.175. The molecule has 1 N–H and O–H groups in total. The van der Waals surface area contributed by atoms with Crippen LogP contribution in [0.25, 0.3) is 0 Å². The fourth-order valence-corrected chi connectivity index (χ4v) is 2.63. The van der Waals surface area contributed by atoms with Gasteiger partial charge in [-0.25, -0.2) is 0 Å². The first-order valence-corrected chi connectivity index (χ1v) is 7.53. The van der Waals surface area contributed by atoms with E-state index in [-0.39, 0.29) is 0 Å². The predicted octanol–water partition coefficient (Wildman–Crippen LogP) is 2.94. The van der Waals surface area contributed by atoms with E-state index in [2.05, 4.69) is 61.3 Å². The number of hydrogen-bond donors (Lipinski definition) is 1. The third kappa shape index (κ3) is 5.33. The highest BCUT2D eigenvalue weighted by molar-refractivity contribution is 5.16. The average Bonchev–Trinajstić information content (AvgIpc) is 2.37. The van der Waals surface area contributed by atoms with Crippen LogP contribution >= 0.6 is 0 Å². The van der Waals surface area contributed by atoms with E-state index in [0.717, 1.165) is 13.0 Å². The summed E-state index contributed by atoms with van der Waals surface area (Å²) in [5.41, 5.74) is 1.89. The summed E-state index contributed by atoms with van der Waals surface area (Å²) in [5, 5.41) is 3.65. The van der Waals surface area contributed by atoms with E-state index in [9.17, 15) is 0 Å². The quantitative estimate of drug-likeness (QED) is 0.895. The normalized spacial score (nSPS) is 21.5. The van der Waals surface area contributed by atoms with Crippen LogP contribution in [-0.4, -0.2) is 37.1 Å². The summed E-state index contributed by atoms with van der Waals surface area (Å²) in [7, 11) is 0. The molecule has 106 valence electrons. The summed E-state index contributed by atoms with van der Waals surface area (Å²) >= 11 is 0. The number of piperazine rings is 1. The molecule has 0 amide bonds. The molecule has 1 unspecified atom stereocenters. The van der Waals surface area contributed by atoms with Crippen LogP contribution < -0.4 is 5.32 Å². The second kappa shape index (κ2) is 6.53. The van der Waals surface area contributed by atoms with Crippen LogP contribution in [0.1, 0.15) is 32.8 Å². The minimum atomic E-state index is 0.444. The lowest BCUT2D eigenvalue weighted by Gasteiger charge is -2.35. The van der Waals surface area contributed by atoms with Crippen molar-refractivity contribution in [2.24, 2.45) is 5.41 Å². The second-order valence-corrected chi connectivity index (χ2v) is 6.95. The first-order chi connectivity index (χ1) is 9.03. The number of nitrogens with one attached hydrogen (secondary N) is 1. The minimum Gasteiger partial charge on any atom is -0.311 e. The van der Waals surface area contributed by atoms with Crippen LogP contribution in [0, 0.1) is 5.41 Å². The lowest BCUT2D eigenvalue weighted by atomic mass is 9.92. The average molecular weight is 260 g/mol. The van der Waals surface area contributed by atoms with Gasteiger partial charge in [-0.1, -0.05) is 51.1 Å². The minimum absolute atomic E-state index is 0.444. The van der Waals surface area contributed by atoms with Gasteiger partial charge in [-0.3, -0.25) is 0 Å². The third-order valence-corrected chi connectivity index (χ3v) is 3.84. The Hall–Kier alpha value is -0.860. The molecule has 1 aromatic carbocycles. The Morgan fingerprint density at radius 1 is 1.21 bits per heavy atom. The standard InChI is InChI=1S/C17H28N2/c1-17(2,3)9-11-19-12-10-18-16(14-19)13-15-7-5-4-6-8-15/h4-8,16,18H,9-14H2,1-3H3. The lowest BCUT2D eigenvalue weighted by Crippen LogP contribution is -2.51. The van der Waals surface area contributed by atoms with Gasteiger partial charge in [-0.15, -0.1) is 0 Å². The first kappa shape index (κ1) is 14.5. The van der Waals surface area contributed by atoms with Crippen LogP contribution in [0.5, 0.6) is 0 Å². The molecule has 1 aliphatic rings. The first-order valence-electron chi connectivity index (χ1n) is 7.53. The van der Waals surface area contributed by atoms with E-state index in [1.165, 1.54) is 31.6 Å². The van der Waals surface area contributed by atoms with E-state index in [1.807, 2.05) is 0 Å². The number of hydrogen-bond acceptors (Lipinski definition) is 2. The maximum atomic E-state index is 3.65. The van der Waals surface area contributed by atoms with Crippen molar-refractivity contribution in [3.8, 4) is 0 Å². The molecule has 1 fully saturated rings. The molecule has 0 aliphatic carbocycles. The largest absolute Gasteiger partial charge is 0.311 e. The maximum absolute atomic E-state index is 3.65. The summed E-state index contributed by atoms with van der Waals surface area (Å²) in [6, 6.07) is 11.4. The Kier molecular flexibility index (Phi) is 5.00. The summed E-state index contributed by atoms with van der Waals surface area (Å²) in [5.74, 6) is 0. The SMILES string of the molecule is CC(C)(C)CCN1CCNC(Cc2ccccc2)C1. The van der Waals surface area contributed by atoms with E-state index < -0.39 is 0 Å². The van der Waals surface area contributed by atoms with Gasteiger partial charge >= 0.3 is 0 Å². The Balaban J connectivity index is 1.80. The maximum Gasteiger partial charge on any atom is 0.0235 e. The van der Waals surface area contributed by atoms with Gasteiger partial charge in [0, 0.05) is 25.7 Å². The molecule has 0 aromatic heterocycles. The Labute approximate surface area is 118 Å². The predicted molar refractivity (Wildman–Crippen MR) is 82.4 cm³/mol. The van der Waals surface area contributed by atoms with Crippen molar-refractivity contribution >= 4 is 0 Å². The van der Waals surface area contributed by atoms with Gasteiger partial charge < -0.3 is 10.2 Å². The van der Waals surface area contributed by atoms with Crippen LogP contribution in [-0.2, 0) is 6.42 Å². The van der Waals surface area contributed by atoms with Crippen molar-refractivity contribution < 1.29 is 0 Å². The van der Waals surface area contributed by atoms with E-state index in [0.29, 0.717) is 11.5 Å². The molecular formula is C17H28N2. The molecule has 19 heavy (non-hydrogen) atoms. The number of nitrogens with zero attached hydrogens (tertiary/aromatic N) is 1. The molecule has 0 bridgehead atoms. The molecule has 0 radical (unpaired) electrons. The van der Waals surface area contributed by atoms with Crippen LogP contribution in [0.3, 0.4) is 0 Å². The second-order valence-electron chi connectivity index (χ2n) is 6.95. The van der Waals surface area contributed by atoms with Gasteiger partial charge in [-0.2, -0.15) is 0 Å². The molecular weight excluding hydrogens is 232 g/mol. The molecule has 2 heteroatoms. The summed E-state index contributed by atoms with van der Waals surface area (Å²) < 4.78 is 0. The molecule has 1 heterocycles. The fourth-order valence-electron chi connectivity index (χ4n) is 2.63. The van der Waals surface area contributed by atoms with Gasteiger partial charge in [0.05, 0.1) is 0 Å². The van der Waals surface area contributed by atoms with Crippen LogP contribution in [0.4, 0.5) is 0 Å². The Morgan fingerprint density at radius 2 is 1.95 bits per heavy atom. The van der Waals surface area contributed by atoms with Crippen molar-refractivity contribution in [3.05, 3.63) is 35.9 Å². The molecule has 0 spiro atoms. The highest BCUT2D eigenvalue weighted by atomic mass is 15.2. The van der Waals surface area contributed by atoms with Crippen molar-refractivity contribution in [1.29, 1.82) is 0 Å². The van der Waals surface area contributed by atoms with Crippen LogP contribution in [0.2, 0.25) is 0 Å². The summed E-state index contributed by atoms with van der Waals surface area (Å²) in [4.78, 5) is 2.62. The van der Waals surface area contributed by atoms with Crippen molar-refractivity contribution in [3.63, 3.8) is 0 Å². The fraction of sp³-hybridized carbons (Fsp3) is 0.647. The van der Waals surface area contributed by atoms with Crippen molar-refractivity contribution in [2.45, 2.75) is 39.7 Å². The zero-order valence-electron chi connectivity index (χ0n) is 12.7. The topological polar surface area (TPSA) is 15.3 Å². The molecule has 1 aliphatic heterocycles. The van der Waals surface area contributed by atoms with Gasteiger partial charge in [0.25, 0.3) is 0 Å². The molecule has 2 rings (SSSR count). The van der Waals surface area contributed by atoms with Crippen molar-refractivity contribution in [1.82, 2.24) is 10.2 Å². The molecule has 1 aromatic rings. The molecule has 1 saturated heterocycles. The third-order valence-electron chi connectivity index (χ3n) is 3.84. The highest BCUT2D eigenvalue weighted by Crippen LogP contribution is 2.19. The van der Waals surface area contributed by atoms with Gasteiger partial charge in [0.1, 0.15) is 0 Å². The summed E-state index contributed by atoms with van der Waals surface area (Å²) in [6.45, 7) is 11.7. The number of rotatable bonds is 4. The van der Waals surface area contributed by atoms with Gasteiger partial charge in [0.2, 0.25) is 0 Å². The molecule has 0 saturated carbocycles. The molecule has 2 nitrogen and oxygen atoms in total. The molecule has 1 atom stereocenters. The summed E-state index contributed by atoms with van der Waals surface area (Å²) in [6.07, 6.45) is 2.43. The zero-order chi connectivity index (χ0) is 13.7. The zero-order valence-corrected chi connectivity index (χ0v) is 12.7.